The number of rotatable bonds is 4. The van der Waals surface area contributed by atoms with Gasteiger partial charge in [0.1, 0.15) is 5.75 Å². The highest BCUT2D eigenvalue weighted by molar-refractivity contribution is 7.99. The van der Waals surface area contributed by atoms with E-state index in [1.54, 1.807) is 7.11 Å². The highest BCUT2D eigenvalue weighted by Crippen LogP contribution is 2.29. The minimum atomic E-state index is 0.555. The predicted molar refractivity (Wildman–Crippen MR) is 102 cm³/mol. The summed E-state index contributed by atoms with van der Waals surface area (Å²) in [5, 5.41) is 4.09. The molecule has 1 N–H and O–H groups in total. The van der Waals surface area contributed by atoms with Crippen LogP contribution in [0.5, 0.6) is 5.75 Å². The van der Waals surface area contributed by atoms with Crippen LogP contribution >= 0.6 is 11.8 Å². The van der Waals surface area contributed by atoms with Gasteiger partial charge in [0.25, 0.3) is 0 Å². The van der Waals surface area contributed by atoms with Crippen molar-refractivity contribution in [3.63, 3.8) is 0 Å². The normalized spacial score (nSPS) is 19.8. The lowest BCUT2D eigenvalue weighted by Gasteiger charge is -2.30. The number of benzene rings is 1. The molecule has 1 aliphatic rings. The monoisotopic (exact) mass is 323 g/mol. The Hall–Kier alpha value is -1.09. The second-order valence-corrected chi connectivity index (χ2v) is 6.16. The first-order chi connectivity index (χ1) is 10.7. The predicted octanol–water partition coefficient (Wildman–Crippen LogP) is 5.64. The van der Waals surface area contributed by atoms with Crippen LogP contribution in [0.1, 0.15) is 53.0 Å². The van der Waals surface area contributed by atoms with Gasteiger partial charge in [-0.3, -0.25) is 0 Å². The summed E-state index contributed by atoms with van der Waals surface area (Å²) in [6.07, 6.45) is 2.31. The summed E-state index contributed by atoms with van der Waals surface area (Å²) < 4.78 is 5.17. The molecule has 0 spiro atoms. The van der Waals surface area contributed by atoms with E-state index >= 15 is 0 Å². The van der Waals surface area contributed by atoms with Crippen molar-refractivity contribution in [3.05, 3.63) is 42.1 Å². The number of methoxy groups -OCH3 is 1. The Labute approximate surface area is 141 Å². The molecule has 22 heavy (non-hydrogen) atoms. The summed E-state index contributed by atoms with van der Waals surface area (Å²) in [7, 11) is 1.70. The first kappa shape index (κ1) is 20.9. The number of allylic oxidation sites excluding steroid dienone is 1. The van der Waals surface area contributed by atoms with Crippen LogP contribution in [-0.4, -0.2) is 18.4 Å². The number of hydrogen-bond acceptors (Lipinski definition) is 3. The molecule has 0 amide bonds. The number of piperidine rings is 1. The van der Waals surface area contributed by atoms with Crippen LogP contribution in [0.15, 0.2) is 36.5 Å². The van der Waals surface area contributed by atoms with Gasteiger partial charge in [0.15, 0.2) is 0 Å². The molecule has 126 valence electrons. The van der Waals surface area contributed by atoms with Crippen LogP contribution in [0.3, 0.4) is 0 Å². The fourth-order valence-corrected chi connectivity index (χ4v) is 3.65. The van der Waals surface area contributed by atoms with E-state index in [1.165, 1.54) is 17.7 Å². The molecule has 3 heteroatoms. The zero-order valence-corrected chi connectivity index (χ0v) is 15.9. The van der Waals surface area contributed by atoms with E-state index in [-0.39, 0.29) is 0 Å². The van der Waals surface area contributed by atoms with Gasteiger partial charge in [0.2, 0.25) is 0 Å². The quantitative estimate of drug-likeness (QED) is 0.775. The molecule has 0 aliphatic carbocycles. The number of hydrogen-bond donors (Lipinski definition) is 1. The summed E-state index contributed by atoms with van der Waals surface area (Å²) in [5.41, 5.74) is 2.54. The van der Waals surface area contributed by atoms with Crippen molar-refractivity contribution in [2.24, 2.45) is 0 Å². The summed E-state index contributed by atoms with van der Waals surface area (Å²) in [6, 6.07) is 8.90. The molecule has 1 aromatic rings. The first-order valence-corrected chi connectivity index (χ1v) is 9.41. The summed E-state index contributed by atoms with van der Waals surface area (Å²) >= 11 is 2.03. The van der Waals surface area contributed by atoms with Gasteiger partial charge in [-0.2, -0.15) is 11.8 Å². The molecule has 1 heterocycles. The van der Waals surface area contributed by atoms with Crippen molar-refractivity contribution >= 4 is 11.8 Å². The Balaban J connectivity index is 0.00000102. The maximum Gasteiger partial charge on any atom is 0.118 e. The molecular formula is C19H33NOS. The smallest absolute Gasteiger partial charge is 0.118 e. The third-order valence-corrected chi connectivity index (χ3v) is 4.52. The molecule has 0 radical (unpaired) electrons. The third kappa shape index (κ3) is 7.79. The second kappa shape index (κ2) is 12.5. The van der Waals surface area contributed by atoms with Crippen LogP contribution in [0.4, 0.5) is 0 Å². The lowest BCUT2D eigenvalue weighted by atomic mass is 10.0. The number of ether oxygens (including phenoxy) is 1. The van der Waals surface area contributed by atoms with Crippen molar-refractivity contribution in [1.82, 2.24) is 5.32 Å². The number of thioether (sulfide) groups is 1. The molecule has 1 fully saturated rings. The summed E-state index contributed by atoms with van der Waals surface area (Å²) in [6.45, 7) is 14.3. The molecule has 0 bridgehead atoms. The molecule has 2 nitrogen and oxygen atoms in total. The van der Waals surface area contributed by atoms with Crippen molar-refractivity contribution in [1.29, 1.82) is 0 Å². The van der Waals surface area contributed by atoms with Crippen molar-refractivity contribution in [2.75, 3.05) is 7.11 Å². The van der Waals surface area contributed by atoms with Gasteiger partial charge >= 0.3 is 0 Å². The van der Waals surface area contributed by atoms with Crippen LogP contribution < -0.4 is 10.1 Å². The lowest BCUT2D eigenvalue weighted by Crippen LogP contribution is -2.35. The maximum atomic E-state index is 5.17. The van der Waals surface area contributed by atoms with Gasteiger partial charge in [0.05, 0.1) is 7.11 Å². The zero-order chi connectivity index (χ0) is 17.0. The van der Waals surface area contributed by atoms with E-state index in [2.05, 4.69) is 31.0 Å². The molecule has 2 unspecified atom stereocenters. The maximum absolute atomic E-state index is 5.17. The van der Waals surface area contributed by atoms with E-state index < -0.39 is 0 Å². The molecule has 1 aromatic carbocycles. The zero-order valence-electron chi connectivity index (χ0n) is 15.1. The first-order valence-electron chi connectivity index (χ1n) is 8.36. The third-order valence-electron chi connectivity index (χ3n) is 3.19. The second-order valence-electron chi connectivity index (χ2n) is 4.87. The molecule has 1 aliphatic heterocycles. The van der Waals surface area contributed by atoms with Crippen LogP contribution in [0.2, 0.25) is 0 Å². The van der Waals surface area contributed by atoms with Crippen LogP contribution in [0.25, 0.3) is 0 Å². The van der Waals surface area contributed by atoms with Crippen LogP contribution in [0, 0.1) is 0 Å². The van der Waals surface area contributed by atoms with Crippen LogP contribution in [-0.2, 0) is 5.75 Å². The lowest BCUT2D eigenvalue weighted by molar-refractivity contribution is 0.414. The average molecular weight is 324 g/mol. The Morgan fingerprint density at radius 3 is 2.27 bits per heavy atom. The van der Waals surface area contributed by atoms with Gasteiger partial charge < -0.3 is 10.1 Å². The summed E-state index contributed by atoms with van der Waals surface area (Å²) in [4.78, 5) is 0. The van der Waals surface area contributed by atoms with Gasteiger partial charge in [-0.15, -0.1) is 0 Å². The molecule has 2 rings (SSSR count). The molecule has 1 saturated heterocycles. The van der Waals surface area contributed by atoms with Crippen molar-refractivity contribution < 1.29 is 4.74 Å². The van der Waals surface area contributed by atoms with E-state index in [4.69, 9.17) is 4.74 Å². The number of nitrogens with one attached hydrogen (secondary N) is 1. The van der Waals surface area contributed by atoms with E-state index in [0.717, 1.165) is 17.9 Å². The van der Waals surface area contributed by atoms with Crippen molar-refractivity contribution in [2.45, 2.75) is 64.5 Å². The van der Waals surface area contributed by atoms with Gasteiger partial charge in [-0.1, -0.05) is 46.4 Å². The Kier molecular flexibility index (Phi) is 11.8. The van der Waals surface area contributed by atoms with Crippen molar-refractivity contribution in [3.8, 4) is 5.75 Å². The minimum absolute atomic E-state index is 0.555. The summed E-state index contributed by atoms with van der Waals surface area (Å²) in [5.74, 6) is 1.99. The van der Waals surface area contributed by atoms with Gasteiger partial charge in [-0.05, 0) is 37.5 Å². The van der Waals surface area contributed by atoms with Gasteiger partial charge in [-0.25, -0.2) is 0 Å². The topological polar surface area (TPSA) is 21.3 Å². The molecule has 0 aromatic heterocycles. The largest absolute Gasteiger partial charge is 0.497 e. The highest BCUT2D eigenvalue weighted by atomic mass is 32.2. The standard InChI is InChI=1S/C15H21NOS.2C2H6/c1-11-8-15(9-12(2)16-11)18-10-13-4-6-14(17-3)7-5-13;2*1-2/h4-7,12,15-16H,1,8-10H2,2-3H3;2*1-2H3. The molecular weight excluding hydrogens is 290 g/mol. The Morgan fingerprint density at radius 2 is 1.77 bits per heavy atom. The minimum Gasteiger partial charge on any atom is -0.497 e. The highest BCUT2D eigenvalue weighted by Gasteiger charge is 2.20. The Morgan fingerprint density at radius 1 is 1.18 bits per heavy atom. The van der Waals surface area contributed by atoms with E-state index in [0.29, 0.717) is 11.3 Å². The molecule has 2 atom stereocenters. The Bertz CT molecular complexity index is 402. The SMILES string of the molecule is C=C1CC(SCc2ccc(OC)cc2)CC(C)N1.CC.CC. The van der Waals surface area contributed by atoms with E-state index in [9.17, 15) is 0 Å². The average Bonchev–Trinajstić information content (AvgIpc) is 2.56. The fraction of sp³-hybridized carbons (Fsp3) is 0.579. The van der Waals surface area contributed by atoms with Gasteiger partial charge in [0, 0.05) is 22.7 Å². The van der Waals surface area contributed by atoms with E-state index in [1.807, 2.05) is 51.6 Å². The fourth-order valence-electron chi connectivity index (χ4n) is 2.28. The molecule has 0 saturated carbocycles.